The Kier molecular flexibility index (Phi) is 5.60. The van der Waals surface area contributed by atoms with Crippen LogP contribution in [-0.4, -0.2) is 55.2 Å². The number of ether oxygens (including phenoxy) is 1. The van der Waals surface area contributed by atoms with Crippen LogP contribution in [0.4, 0.5) is 0 Å². The Bertz CT molecular complexity index is 298. The van der Waals surface area contributed by atoms with E-state index >= 15 is 0 Å². The number of nitrogens with two attached hydrogens (primary N) is 1. The molecule has 0 aromatic heterocycles. The number of carbonyl (C=O) groups is 1. The SMILES string of the molecule is CCCC(N)CC(=O)NCC1CN2CCCC2CO1. The number of nitrogens with zero attached hydrogens (tertiary/aromatic N) is 1. The Hall–Kier alpha value is -0.650. The molecule has 2 saturated heterocycles. The van der Waals surface area contributed by atoms with E-state index in [9.17, 15) is 4.79 Å². The van der Waals surface area contributed by atoms with Crippen LogP contribution in [0, 0.1) is 0 Å². The highest BCUT2D eigenvalue weighted by Gasteiger charge is 2.32. The molecule has 0 aliphatic carbocycles. The topological polar surface area (TPSA) is 67.6 Å². The van der Waals surface area contributed by atoms with E-state index in [0.29, 0.717) is 19.0 Å². The third kappa shape index (κ3) is 4.44. The van der Waals surface area contributed by atoms with Gasteiger partial charge in [0.15, 0.2) is 0 Å². The molecule has 2 fully saturated rings. The summed E-state index contributed by atoms with van der Waals surface area (Å²) in [7, 11) is 0. The molecule has 1 amide bonds. The van der Waals surface area contributed by atoms with Crippen LogP contribution in [0.15, 0.2) is 0 Å². The van der Waals surface area contributed by atoms with Crippen molar-refractivity contribution in [2.24, 2.45) is 5.73 Å². The summed E-state index contributed by atoms with van der Waals surface area (Å²) in [5, 5.41) is 2.95. The summed E-state index contributed by atoms with van der Waals surface area (Å²) in [4.78, 5) is 14.2. The monoisotopic (exact) mass is 269 g/mol. The Morgan fingerprint density at radius 1 is 1.58 bits per heavy atom. The van der Waals surface area contributed by atoms with E-state index in [1.165, 1.54) is 19.4 Å². The van der Waals surface area contributed by atoms with Crippen molar-refractivity contribution in [2.45, 2.75) is 57.2 Å². The van der Waals surface area contributed by atoms with Gasteiger partial charge >= 0.3 is 0 Å². The highest BCUT2D eigenvalue weighted by molar-refractivity contribution is 5.76. The molecule has 3 atom stereocenters. The van der Waals surface area contributed by atoms with Crippen molar-refractivity contribution in [3.8, 4) is 0 Å². The van der Waals surface area contributed by atoms with E-state index in [0.717, 1.165) is 26.0 Å². The van der Waals surface area contributed by atoms with Gasteiger partial charge < -0.3 is 15.8 Å². The van der Waals surface area contributed by atoms with Crippen molar-refractivity contribution in [1.29, 1.82) is 0 Å². The van der Waals surface area contributed by atoms with E-state index in [-0.39, 0.29) is 18.1 Å². The van der Waals surface area contributed by atoms with Gasteiger partial charge in [-0.05, 0) is 25.8 Å². The maximum atomic E-state index is 11.7. The summed E-state index contributed by atoms with van der Waals surface area (Å²) in [5.74, 6) is 0.0492. The molecule has 2 rings (SSSR count). The van der Waals surface area contributed by atoms with Crippen molar-refractivity contribution in [3.05, 3.63) is 0 Å². The van der Waals surface area contributed by atoms with Crippen LogP contribution < -0.4 is 11.1 Å². The normalized spacial score (nSPS) is 28.9. The molecular weight excluding hydrogens is 242 g/mol. The average molecular weight is 269 g/mol. The van der Waals surface area contributed by atoms with Crippen LogP contribution in [0.25, 0.3) is 0 Å². The summed E-state index contributed by atoms with van der Waals surface area (Å²) in [6.07, 6.45) is 5.02. The van der Waals surface area contributed by atoms with E-state index < -0.39 is 0 Å². The second-order valence-corrected chi connectivity index (χ2v) is 5.80. The first-order valence-electron chi connectivity index (χ1n) is 7.57. The minimum Gasteiger partial charge on any atom is -0.373 e. The molecule has 110 valence electrons. The maximum Gasteiger partial charge on any atom is 0.221 e. The zero-order chi connectivity index (χ0) is 13.7. The predicted octanol–water partition coefficient (Wildman–Crippen LogP) is 0.483. The standard InChI is InChI=1S/C14H27N3O2/c1-2-4-11(15)7-14(18)16-8-13-9-17-6-3-5-12(17)10-19-13/h11-13H,2-10,15H2,1H3,(H,16,18). The van der Waals surface area contributed by atoms with Gasteiger partial charge in [-0.2, -0.15) is 0 Å². The summed E-state index contributed by atoms with van der Waals surface area (Å²) >= 11 is 0. The Balaban J connectivity index is 1.63. The number of hydrogen-bond acceptors (Lipinski definition) is 4. The number of amides is 1. The van der Waals surface area contributed by atoms with Crippen molar-refractivity contribution < 1.29 is 9.53 Å². The molecule has 19 heavy (non-hydrogen) atoms. The van der Waals surface area contributed by atoms with Gasteiger partial charge in [-0.1, -0.05) is 13.3 Å². The fraction of sp³-hybridized carbons (Fsp3) is 0.929. The van der Waals surface area contributed by atoms with Crippen molar-refractivity contribution in [1.82, 2.24) is 10.2 Å². The lowest BCUT2D eigenvalue weighted by Crippen LogP contribution is -2.50. The lowest BCUT2D eigenvalue weighted by molar-refractivity contribution is -0.122. The third-order valence-corrected chi connectivity index (χ3v) is 4.10. The molecule has 2 aliphatic heterocycles. The molecule has 0 bridgehead atoms. The Labute approximate surface area is 115 Å². The van der Waals surface area contributed by atoms with Gasteiger partial charge in [0, 0.05) is 31.6 Å². The molecule has 0 saturated carbocycles. The van der Waals surface area contributed by atoms with Crippen LogP contribution in [-0.2, 0) is 9.53 Å². The molecule has 0 spiro atoms. The quantitative estimate of drug-likeness (QED) is 0.736. The number of morpholine rings is 1. The van der Waals surface area contributed by atoms with Gasteiger partial charge in [0.05, 0.1) is 12.7 Å². The molecule has 0 aromatic rings. The molecule has 2 heterocycles. The smallest absolute Gasteiger partial charge is 0.221 e. The largest absolute Gasteiger partial charge is 0.373 e. The fourth-order valence-corrected chi connectivity index (χ4v) is 3.02. The van der Waals surface area contributed by atoms with Gasteiger partial charge in [-0.25, -0.2) is 0 Å². The van der Waals surface area contributed by atoms with Crippen LogP contribution >= 0.6 is 0 Å². The minimum atomic E-state index is -0.0137. The van der Waals surface area contributed by atoms with Gasteiger partial charge in [0.25, 0.3) is 0 Å². The lowest BCUT2D eigenvalue weighted by Gasteiger charge is -2.35. The van der Waals surface area contributed by atoms with Gasteiger partial charge in [-0.15, -0.1) is 0 Å². The zero-order valence-corrected chi connectivity index (χ0v) is 11.9. The third-order valence-electron chi connectivity index (χ3n) is 4.10. The Morgan fingerprint density at radius 3 is 3.21 bits per heavy atom. The number of carbonyl (C=O) groups excluding carboxylic acids is 1. The molecule has 0 radical (unpaired) electrons. The van der Waals surface area contributed by atoms with Crippen LogP contribution in [0.2, 0.25) is 0 Å². The average Bonchev–Trinajstić information content (AvgIpc) is 2.83. The first kappa shape index (κ1) is 14.8. The van der Waals surface area contributed by atoms with Gasteiger partial charge in [0.2, 0.25) is 5.91 Å². The number of fused-ring (bicyclic) bond motifs is 1. The van der Waals surface area contributed by atoms with E-state index in [1.807, 2.05) is 0 Å². The number of rotatable bonds is 6. The number of nitrogens with one attached hydrogen (secondary N) is 1. The van der Waals surface area contributed by atoms with Crippen molar-refractivity contribution in [2.75, 3.05) is 26.2 Å². The first-order valence-corrected chi connectivity index (χ1v) is 7.57. The predicted molar refractivity (Wildman–Crippen MR) is 74.8 cm³/mol. The summed E-state index contributed by atoms with van der Waals surface area (Å²) in [5.41, 5.74) is 5.86. The molecule has 3 N–H and O–H groups in total. The van der Waals surface area contributed by atoms with Crippen LogP contribution in [0.3, 0.4) is 0 Å². The molecule has 2 aliphatic rings. The van der Waals surface area contributed by atoms with Crippen molar-refractivity contribution >= 4 is 5.91 Å². The van der Waals surface area contributed by atoms with Gasteiger partial charge in [0.1, 0.15) is 0 Å². The van der Waals surface area contributed by atoms with E-state index in [4.69, 9.17) is 10.5 Å². The van der Waals surface area contributed by atoms with Crippen LogP contribution in [0.5, 0.6) is 0 Å². The lowest BCUT2D eigenvalue weighted by atomic mass is 10.1. The summed E-state index contributed by atoms with van der Waals surface area (Å²) < 4.78 is 5.81. The molecule has 0 aromatic carbocycles. The minimum absolute atomic E-state index is 0.0137. The first-order chi connectivity index (χ1) is 9.19. The van der Waals surface area contributed by atoms with E-state index in [2.05, 4.69) is 17.1 Å². The fourth-order valence-electron chi connectivity index (χ4n) is 3.02. The molecule has 3 unspecified atom stereocenters. The van der Waals surface area contributed by atoms with E-state index in [1.54, 1.807) is 0 Å². The summed E-state index contributed by atoms with van der Waals surface area (Å²) in [6.45, 7) is 5.64. The second-order valence-electron chi connectivity index (χ2n) is 5.80. The highest BCUT2D eigenvalue weighted by atomic mass is 16.5. The second kappa shape index (κ2) is 7.22. The molecular formula is C14H27N3O2. The summed E-state index contributed by atoms with van der Waals surface area (Å²) in [6, 6.07) is 0.602. The molecule has 5 nitrogen and oxygen atoms in total. The zero-order valence-electron chi connectivity index (χ0n) is 11.9. The maximum absolute atomic E-state index is 11.7. The van der Waals surface area contributed by atoms with Crippen molar-refractivity contribution in [3.63, 3.8) is 0 Å². The Morgan fingerprint density at radius 2 is 2.42 bits per heavy atom. The van der Waals surface area contributed by atoms with Gasteiger partial charge in [-0.3, -0.25) is 9.69 Å². The van der Waals surface area contributed by atoms with Crippen LogP contribution in [0.1, 0.15) is 39.0 Å². The molecule has 5 heteroatoms. The highest BCUT2D eigenvalue weighted by Crippen LogP contribution is 2.22. The number of hydrogen-bond donors (Lipinski definition) is 2.